The van der Waals surface area contributed by atoms with Gasteiger partial charge in [-0.15, -0.1) is 0 Å². The van der Waals surface area contributed by atoms with E-state index in [9.17, 15) is 4.79 Å². The van der Waals surface area contributed by atoms with Crippen LogP contribution in [-0.2, 0) is 9.53 Å². The highest BCUT2D eigenvalue weighted by molar-refractivity contribution is 5.81. The van der Waals surface area contributed by atoms with Crippen LogP contribution >= 0.6 is 0 Å². The maximum Gasteiger partial charge on any atom is 0.249 e. The molecule has 0 bridgehead atoms. The summed E-state index contributed by atoms with van der Waals surface area (Å²) in [5.41, 5.74) is 1.13. The van der Waals surface area contributed by atoms with Gasteiger partial charge in [-0.05, 0) is 50.5 Å². The molecule has 3 aliphatic rings. The Morgan fingerprint density at radius 2 is 2.21 bits per heavy atom. The van der Waals surface area contributed by atoms with Crippen molar-refractivity contribution in [3.05, 3.63) is 18.0 Å². The van der Waals surface area contributed by atoms with E-state index in [4.69, 9.17) is 4.74 Å². The number of hydrogen-bond donors (Lipinski definition) is 1. The molecule has 3 fully saturated rings. The van der Waals surface area contributed by atoms with Crippen LogP contribution in [0.25, 0.3) is 0 Å². The lowest BCUT2D eigenvalue weighted by Crippen LogP contribution is -2.45. The minimum atomic E-state index is -0.289. The van der Waals surface area contributed by atoms with Crippen LogP contribution in [-0.4, -0.2) is 48.2 Å². The number of anilines is 1. The molecule has 1 aromatic heterocycles. The number of aryl methyl sites for hydroxylation is 1. The first-order valence-corrected chi connectivity index (χ1v) is 9.06. The van der Waals surface area contributed by atoms with Gasteiger partial charge in [0.25, 0.3) is 0 Å². The Balaban J connectivity index is 1.37. The zero-order valence-corrected chi connectivity index (χ0v) is 14.3. The Hall–Kier alpha value is -1.69. The second-order valence-electron chi connectivity index (χ2n) is 7.78. The van der Waals surface area contributed by atoms with Gasteiger partial charge in [0.1, 0.15) is 6.10 Å². The number of aromatic nitrogens is 2. The number of amides is 1. The number of ether oxygens (including phenoxy) is 1. The molecule has 24 heavy (non-hydrogen) atoms. The van der Waals surface area contributed by atoms with Crippen molar-refractivity contribution in [3.8, 4) is 0 Å². The Kier molecular flexibility index (Phi) is 4.16. The van der Waals surface area contributed by atoms with Crippen molar-refractivity contribution in [2.45, 2.75) is 45.1 Å². The van der Waals surface area contributed by atoms with Crippen LogP contribution < -0.4 is 10.2 Å². The molecule has 1 aliphatic carbocycles. The summed E-state index contributed by atoms with van der Waals surface area (Å²) in [6, 6.07) is 0. The van der Waals surface area contributed by atoms with Gasteiger partial charge in [0.15, 0.2) is 0 Å². The summed E-state index contributed by atoms with van der Waals surface area (Å²) in [6.45, 7) is 5.33. The molecule has 6 nitrogen and oxygen atoms in total. The van der Waals surface area contributed by atoms with Crippen molar-refractivity contribution >= 4 is 11.9 Å². The number of nitrogens with zero attached hydrogens (tertiary/aromatic N) is 3. The Morgan fingerprint density at radius 1 is 1.42 bits per heavy atom. The molecule has 2 saturated heterocycles. The van der Waals surface area contributed by atoms with E-state index in [1.807, 2.05) is 19.3 Å². The molecule has 0 radical (unpaired) electrons. The molecule has 0 unspecified atom stereocenters. The first-order chi connectivity index (χ1) is 11.6. The largest absolute Gasteiger partial charge is 0.368 e. The van der Waals surface area contributed by atoms with E-state index in [1.165, 1.54) is 12.8 Å². The first-order valence-electron chi connectivity index (χ1n) is 9.06. The fourth-order valence-corrected chi connectivity index (χ4v) is 3.85. The number of piperidine rings is 1. The number of carbonyl (C=O) groups excluding carboxylic acids is 1. The maximum atomic E-state index is 12.3. The van der Waals surface area contributed by atoms with Crippen molar-refractivity contribution in [2.75, 3.05) is 31.1 Å². The Morgan fingerprint density at radius 3 is 2.96 bits per heavy atom. The number of nitrogens with one attached hydrogen (secondary N) is 1. The minimum Gasteiger partial charge on any atom is -0.368 e. The molecule has 1 N–H and O–H groups in total. The molecule has 3 heterocycles. The second kappa shape index (κ2) is 6.31. The average molecular weight is 330 g/mol. The van der Waals surface area contributed by atoms with Gasteiger partial charge in [-0.25, -0.2) is 9.97 Å². The first kappa shape index (κ1) is 15.8. The molecule has 1 aromatic rings. The van der Waals surface area contributed by atoms with Crippen LogP contribution in [0.3, 0.4) is 0 Å². The van der Waals surface area contributed by atoms with E-state index in [0.717, 1.165) is 50.4 Å². The molecule has 1 saturated carbocycles. The van der Waals surface area contributed by atoms with Gasteiger partial charge in [-0.1, -0.05) is 0 Å². The van der Waals surface area contributed by atoms with Crippen LogP contribution in [0, 0.1) is 18.3 Å². The average Bonchev–Trinajstić information content (AvgIpc) is 3.34. The van der Waals surface area contributed by atoms with Crippen molar-refractivity contribution in [3.63, 3.8) is 0 Å². The van der Waals surface area contributed by atoms with Crippen LogP contribution in [0.5, 0.6) is 0 Å². The number of hydrogen-bond acceptors (Lipinski definition) is 5. The molecular weight excluding hydrogens is 304 g/mol. The molecule has 4 rings (SSSR count). The standard InChI is InChI=1S/C18H26N4O2/c1-13-8-20-17(21-9-13)22-6-2-5-18(11-22)7-15(24-12-18)16(23)19-10-14-3-4-14/h8-9,14-15H,2-7,10-12H2,1H3,(H,19,23)/t15-,18-/m1/s1. The van der Waals surface area contributed by atoms with E-state index in [-0.39, 0.29) is 17.4 Å². The van der Waals surface area contributed by atoms with Crippen molar-refractivity contribution in [1.29, 1.82) is 0 Å². The lowest BCUT2D eigenvalue weighted by Gasteiger charge is -2.39. The smallest absolute Gasteiger partial charge is 0.249 e. The second-order valence-corrected chi connectivity index (χ2v) is 7.78. The molecule has 6 heteroatoms. The summed E-state index contributed by atoms with van der Waals surface area (Å²) in [5, 5.41) is 3.06. The summed E-state index contributed by atoms with van der Waals surface area (Å²) in [4.78, 5) is 23.5. The molecule has 1 spiro atoms. The Bertz CT molecular complexity index is 602. The molecule has 0 aromatic carbocycles. The molecule has 1 amide bonds. The minimum absolute atomic E-state index is 0.0636. The van der Waals surface area contributed by atoms with E-state index in [0.29, 0.717) is 12.5 Å². The van der Waals surface area contributed by atoms with E-state index in [2.05, 4.69) is 20.2 Å². The van der Waals surface area contributed by atoms with Crippen LogP contribution in [0.4, 0.5) is 5.95 Å². The SMILES string of the molecule is Cc1cnc(N2CCC[C@]3(CO[C@@H](C(=O)NCC4CC4)C3)C2)nc1. The van der Waals surface area contributed by atoms with Gasteiger partial charge < -0.3 is 15.0 Å². The lowest BCUT2D eigenvalue weighted by atomic mass is 9.78. The Labute approximate surface area is 143 Å². The third-order valence-electron chi connectivity index (χ3n) is 5.47. The fourth-order valence-electron chi connectivity index (χ4n) is 3.85. The van der Waals surface area contributed by atoms with E-state index in [1.54, 1.807) is 0 Å². The van der Waals surface area contributed by atoms with Crippen LogP contribution in [0.1, 0.15) is 37.7 Å². The maximum absolute atomic E-state index is 12.3. The predicted octanol–water partition coefficient (Wildman–Crippen LogP) is 1.69. The third kappa shape index (κ3) is 3.38. The molecular formula is C18H26N4O2. The quantitative estimate of drug-likeness (QED) is 0.910. The predicted molar refractivity (Wildman–Crippen MR) is 90.7 cm³/mol. The van der Waals surface area contributed by atoms with Gasteiger partial charge in [0, 0.05) is 37.4 Å². The van der Waals surface area contributed by atoms with Crippen LogP contribution in [0.15, 0.2) is 12.4 Å². The molecule has 2 atom stereocenters. The van der Waals surface area contributed by atoms with Crippen molar-refractivity contribution in [1.82, 2.24) is 15.3 Å². The van der Waals surface area contributed by atoms with Gasteiger partial charge in [-0.2, -0.15) is 0 Å². The fraction of sp³-hybridized carbons (Fsp3) is 0.722. The van der Waals surface area contributed by atoms with Gasteiger partial charge in [0.2, 0.25) is 11.9 Å². The topological polar surface area (TPSA) is 67.4 Å². The van der Waals surface area contributed by atoms with Gasteiger partial charge in [-0.3, -0.25) is 4.79 Å². The van der Waals surface area contributed by atoms with E-state index >= 15 is 0 Å². The summed E-state index contributed by atoms with van der Waals surface area (Å²) >= 11 is 0. The van der Waals surface area contributed by atoms with Crippen LogP contribution in [0.2, 0.25) is 0 Å². The number of rotatable bonds is 4. The lowest BCUT2D eigenvalue weighted by molar-refractivity contribution is -0.130. The molecule has 130 valence electrons. The highest BCUT2D eigenvalue weighted by atomic mass is 16.5. The van der Waals surface area contributed by atoms with Crippen molar-refractivity contribution in [2.24, 2.45) is 11.3 Å². The highest BCUT2D eigenvalue weighted by Crippen LogP contribution is 2.41. The third-order valence-corrected chi connectivity index (χ3v) is 5.47. The summed E-state index contributed by atoms with van der Waals surface area (Å²) in [7, 11) is 0. The highest BCUT2D eigenvalue weighted by Gasteiger charge is 2.46. The number of carbonyl (C=O) groups is 1. The van der Waals surface area contributed by atoms with Gasteiger partial charge >= 0.3 is 0 Å². The molecule has 2 aliphatic heterocycles. The van der Waals surface area contributed by atoms with Gasteiger partial charge in [0.05, 0.1) is 6.61 Å². The summed E-state index contributed by atoms with van der Waals surface area (Å²) in [5.74, 6) is 1.57. The monoisotopic (exact) mass is 330 g/mol. The normalized spacial score (nSPS) is 29.9. The van der Waals surface area contributed by atoms with Crippen molar-refractivity contribution < 1.29 is 9.53 Å². The zero-order chi connectivity index (χ0) is 16.6. The summed E-state index contributed by atoms with van der Waals surface area (Å²) < 4.78 is 5.88. The summed E-state index contributed by atoms with van der Waals surface area (Å²) in [6.07, 6.45) is 8.96. The van der Waals surface area contributed by atoms with E-state index < -0.39 is 0 Å². The zero-order valence-electron chi connectivity index (χ0n) is 14.3.